The van der Waals surface area contributed by atoms with Gasteiger partial charge in [0.1, 0.15) is 33.4 Å². The molecule has 248 valence electrons. The van der Waals surface area contributed by atoms with Crippen molar-refractivity contribution < 1.29 is 26.7 Å². The molecule has 46 heavy (non-hydrogen) atoms. The number of nitrogens with zero attached hydrogens (tertiary/aromatic N) is 4. The van der Waals surface area contributed by atoms with Crippen molar-refractivity contribution in [3.8, 4) is 0 Å². The first kappa shape index (κ1) is 32.6. The van der Waals surface area contributed by atoms with Crippen molar-refractivity contribution in [3.05, 3.63) is 75.6 Å². The van der Waals surface area contributed by atoms with Gasteiger partial charge in [-0.3, -0.25) is 9.36 Å². The first-order chi connectivity index (χ1) is 21.9. The van der Waals surface area contributed by atoms with Crippen molar-refractivity contribution in [2.45, 2.75) is 76.0 Å². The Morgan fingerprint density at radius 2 is 1.76 bits per heavy atom. The Bertz CT molecular complexity index is 1780. The summed E-state index contributed by atoms with van der Waals surface area (Å²) in [5.74, 6) is -5.38. The van der Waals surface area contributed by atoms with E-state index >= 15 is 13.2 Å². The van der Waals surface area contributed by atoms with Crippen molar-refractivity contribution >= 4 is 26.7 Å². The molecule has 2 atom stereocenters. The summed E-state index contributed by atoms with van der Waals surface area (Å²) in [4.78, 5) is 24.7. The second-order valence-corrected chi connectivity index (χ2v) is 15.2. The van der Waals surface area contributed by atoms with E-state index in [1.54, 1.807) is 13.0 Å². The number of pyridine rings is 1. The lowest BCUT2D eigenvalue weighted by Gasteiger charge is -2.37. The number of sulfone groups is 1. The second-order valence-electron chi connectivity index (χ2n) is 12.9. The lowest BCUT2D eigenvalue weighted by atomic mass is 9.85. The summed E-state index contributed by atoms with van der Waals surface area (Å²) in [6.45, 7) is 3.00. The molecule has 0 amide bonds. The fourth-order valence-electron chi connectivity index (χ4n) is 7.08. The van der Waals surface area contributed by atoms with Crippen molar-refractivity contribution in [2.75, 3.05) is 36.5 Å². The first-order valence-electron chi connectivity index (χ1n) is 16.0. The molecular weight excluding hydrogens is 619 g/mol. The van der Waals surface area contributed by atoms with Gasteiger partial charge in [-0.2, -0.15) is 0 Å². The predicted molar refractivity (Wildman–Crippen MR) is 170 cm³/mol. The zero-order valence-electron chi connectivity index (χ0n) is 25.8. The molecule has 9 nitrogen and oxygen atoms in total. The Labute approximate surface area is 266 Å². The van der Waals surface area contributed by atoms with E-state index in [1.807, 2.05) is 17.1 Å². The lowest BCUT2D eigenvalue weighted by molar-refractivity contribution is -0.0898. The molecule has 2 saturated heterocycles. The van der Waals surface area contributed by atoms with Crippen LogP contribution < -0.4 is 10.9 Å². The minimum Gasteiger partial charge on any atom is -0.392 e. The number of alkyl halides is 2. The van der Waals surface area contributed by atoms with Gasteiger partial charge < -0.3 is 15.3 Å². The number of piperidine rings is 1. The minimum absolute atomic E-state index is 0.0106. The van der Waals surface area contributed by atoms with Crippen LogP contribution in [0.25, 0.3) is 11.0 Å². The number of aliphatic hydroxyl groups excluding tert-OH is 1. The summed E-state index contributed by atoms with van der Waals surface area (Å²) < 4.78 is 73.5. The number of fused-ring (bicyclic) bond motifs is 8. The van der Waals surface area contributed by atoms with Gasteiger partial charge in [0.05, 0.1) is 34.6 Å². The smallest absolute Gasteiger partial charge is 0.278 e. The van der Waals surface area contributed by atoms with Crippen LogP contribution in [0.1, 0.15) is 74.1 Å². The molecule has 2 aromatic heterocycles. The molecule has 0 aliphatic carbocycles. The Hall–Kier alpha value is -3.29. The highest BCUT2D eigenvalue weighted by Gasteiger charge is 2.45. The zero-order valence-corrected chi connectivity index (χ0v) is 26.7. The minimum atomic E-state index is -3.38. The molecule has 8 bridgehead atoms. The molecule has 4 aliphatic rings. The molecule has 2 N–H and O–H groups in total. The SMILES string of the molecule is C[C@H]1Nc2ncnc3c2cc(C2CCS(=O)(=O)CC2)c(=O)n3C/C=C\CCC(O)CN2CCC(CC2)C(F)(F)c2cccc1c2F. The van der Waals surface area contributed by atoms with Crippen molar-refractivity contribution in [2.24, 2.45) is 5.92 Å². The summed E-state index contributed by atoms with van der Waals surface area (Å²) in [6.07, 6.45) is 6.41. The number of halogens is 3. The molecular formula is C33H40F3N5O4S. The third-order valence-corrected chi connectivity index (χ3v) is 11.5. The summed E-state index contributed by atoms with van der Waals surface area (Å²) in [6, 6.07) is 4.99. The van der Waals surface area contributed by atoms with Gasteiger partial charge >= 0.3 is 0 Å². The van der Waals surface area contributed by atoms with E-state index < -0.39 is 45.2 Å². The summed E-state index contributed by atoms with van der Waals surface area (Å²) in [7, 11) is -3.16. The number of allylic oxidation sites excluding steroid dienone is 2. The molecule has 6 heterocycles. The van der Waals surface area contributed by atoms with Crippen LogP contribution in [0.3, 0.4) is 0 Å². The number of benzene rings is 1. The normalized spacial score (nSPS) is 27.9. The fourth-order valence-corrected chi connectivity index (χ4v) is 8.57. The van der Waals surface area contributed by atoms with Crippen molar-refractivity contribution in [1.29, 1.82) is 0 Å². The summed E-state index contributed by atoms with van der Waals surface area (Å²) >= 11 is 0. The number of hydrogen-bond donors (Lipinski definition) is 2. The van der Waals surface area contributed by atoms with E-state index in [4.69, 9.17) is 0 Å². The van der Waals surface area contributed by atoms with Crippen LogP contribution in [-0.2, 0) is 22.3 Å². The fraction of sp³-hybridized carbons (Fsp3) is 0.545. The van der Waals surface area contributed by atoms with E-state index in [-0.39, 0.29) is 47.9 Å². The molecule has 0 saturated carbocycles. The standard InChI is InChI=1S/C33H40F3N5O4S/c1-21-25-7-5-8-28(29(25)34)33(35,36)23-9-14-40(15-10-23)19-24(42)6-3-2-4-13-41-31-27(30(39-21)37-20-38-31)18-26(32(41)43)22-11-16-46(44,45)17-12-22/h2,4-5,7-8,18,20-24,42H,3,6,9-17,19H2,1H3,(H,37,38,39)/b4-2-/t21-,24?/m1/s1. The molecule has 1 aromatic carbocycles. The molecule has 0 spiro atoms. The van der Waals surface area contributed by atoms with E-state index in [0.29, 0.717) is 67.7 Å². The predicted octanol–water partition coefficient (Wildman–Crippen LogP) is 4.91. The van der Waals surface area contributed by atoms with Gasteiger partial charge in [0.15, 0.2) is 0 Å². The third kappa shape index (κ3) is 6.59. The van der Waals surface area contributed by atoms with Crippen molar-refractivity contribution in [3.63, 3.8) is 0 Å². The highest BCUT2D eigenvalue weighted by atomic mass is 32.2. The van der Waals surface area contributed by atoms with Gasteiger partial charge in [-0.15, -0.1) is 0 Å². The number of rotatable bonds is 1. The third-order valence-electron chi connectivity index (χ3n) is 9.80. The average molecular weight is 660 g/mol. The Morgan fingerprint density at radius 3 is 2.50 bits per heavy atom. The molecule has 13 heteroatoms. The van der Waals surface area contributed by atoms with Gasteiger partial charge in [0.2, 0.25) is 0 Å². The van der Waals surface area contributed by atoms with Gasteiger partial charge in [-0.1, -0.05) is 30.4 Å². The highest BCUT2D eigenvalue weighted by molar-refractivity contribution is 7.91. The van der Waals surface area contributed by atoms with Crippen LogP contribution in [0.15, 0.2) is 47.5 Å². The molecule has 7 rings (SSSR count). The van der Waals surface area contributed by atoms with Gasteiger partial charge in [-0.05, 0) is 70.5 Å². The van der Waals surface area contributed by atoms with E-state index in [1.165, 1.54) is 23.0 Å². The number of hydrogen-bond acceptors (Lipinski definition) is 8. The maximum atomic E-state index is 16.0. The summed E-state index contributed by atoms with van der Waals surface area (Å²) in [5.41, 5.74) is -0.0634. The molecule has 0 radical (unpaired) electrons. The molecule has 4 aliphatic heterocycles. The highest BCUT2D eigenvalue weighted by Crippen LogP contribution is 2.44. The monoisotopic (exact) mass is 659 g/mol. The second kappa shape index (κ2) is 13.1. The van der Waals surface area contributed by atoms with Crippen LogP contribution in [0.5, 0.6) is 0 Å². The quantitative estimate of drug-likeness (QED) is 0.354. The molecule has 3 aromatic rings. The van der Waals surface area contributed by atoms with Crippen LogP contribution in [-0.4, -0.2) is 70.2 Å². The summed E-state index contributed by atoms with van der Waals surface area (Å²) in [5, 5.41) is 14.3. The number of nitrogens with one attached hydrogen (secondary N) is 1. The van der Waals surface area contributed by atoms with Gasteiger partial charge in [0, 0.05) is 30.1 Å². The zero-order chi connectivity index (χ0) is 32.6. The van der Waals surface area contributed by atoms with Gasteiger partial charge in [0.25, 0.3) is 11.5 Å². The number of aliphatic hydroxyl groups is 1. The van der Waals surface area contributed by atoms with Gasteiger partial charge in [-0.25, -0.2) is 31.6 Å². The number of aromatic nitrogens is 3. The van der Waals surface area contributed by atoms with E-state index in [0.717, 1.165) is 6.07 Å². The van der Waals surface area contributed by atoms with Crippen LogP contribution in [0, 0.1) is 11.7 Å². The lowest BCUT2D eigenvalue weighted by Crippen LogP contribution is -2.42. The maximum absolute atomic E-state index is 16.0. The van der Waals surface area contributed by atoms with E-state index in [9.17, 15) is 18.3 Å². The molecule has 1 unspecified atom stereocenters. The Balaban J connectivity index is 1.44. The van der Waals surface area contributed by atoms with Crippen molar-refractivity contribution in [1.82, 2.24) is 19.4 Å². The Morgan fingerprint density at radius 1 is 1.02 bits per heavy atom. The largest absolute Gasteiger partial charge is 0.392 e. The average Bonchev–Trinajstić information content (AvgIpc) is 3.02. The van der Waals surface area contributed by atoms with Crippen LogP contribution in [0.4, 0.5) is 19.0 Å². The van der Waals surface area contributed by atoms with Crippen LogP contribution in [0.2, 0.25) is 0 Å². The topological polar surface area (TPSA) is 117 Å². The van der Waals surface area contributed by atoms with Crippen LogP contribution >= 0.6 is 0 Å². The first-order valence-corrected chi connectivity index (χ1v) is 17.8. The maximum Gasteiger partial charge on any atom is 0.278 e. The Kier molecular flexibility index (Phi) is 9.28. The van der Waals surface area contributed by atoms with E-state index in [2.05, 4.69) is 15.3 Å². The molecule has 2 fully saturated rings. The number of anilines is 1.